The number of nitrogens with one attached hydrogen (secondary N) is 2. The first kappa shape index (κ1) is 24.3. The Balaban J connectivity index is 1.37. The Morgan fingerprint density at radius 2 is 1.71 bits per heavy atom. The summed E-state index contributed by atoms with van der Waals surface area (Å²) in [5.74, 6) is -0.433. The van der Waals surface area contributed by atoms with Gasteiger partial charge in [0.15, 0.2) is 0 Å². The van der Waals surface area contributed by atoms with Crippen molar-refractivity contribution in [3.8, 4) is 0 Å². The monoisotopic (exact) mass is 473 g/mol. The molecule has 0 bridgehead atoms. The first-order valence-corrected chi connectivity index (χ1v) is 11.9. The highest BCUT2D eigenvalue weighted by atomic mass is 16.3. The van der Waals surface area contributed by atoms with Crippen molar-refractivity contribution in [2.45, 2.75) is 31.3 Å². The van der Waals surface area contributed by atoms with E-state index in [0.717, 1.165) is 11.1 Å². The molecule has 3 N–H and O–H groups in total. The van der Waals surface area contributed by atoms with Crippen LogP contribution < -0.4 is 5.32 Å². The largest absolute Gasteiger partial charge is 0.388 e. The number of aryl methyl sites for hydroxylation is 1. The standard InChI is InChI=1S/C27H31N5O3/c1-29-24(21-10-6-3-7-11-21)25-23(28)26(34)32(19-30-25)18-27(35)14-16-31(17-15-27)22(33)13-12-20-8-4-2-5-9-20/h2-11,19,28-29,35H,12-18H2,1H3/b25-24+,28-23?. The summed E-state index contributed by atoms with van der Waals surface area (Å²) in [5.41, 5.74) is 1.47. The summed E-state index contributed by atoms with van der Waals surface area (Å²) < 4.78 is 0. The van der Waals surface area contributed by atoms with Crippen molar-refractivity contribution in [2.24, 2.45) is 4.99 Å². The van der Waals surface area contributed by atoms with Gasteiger partial charge in [0.2, 0.25) is 5.91 Å². The normalized spacial score (nSPS) is 19.0. The van der Waals surface area contributed by atoms with E-state index in [1.807, 2.05) is 60.7 Å². The third-order valence-electron chi connectivity index (χ3n) is 6.57. The lowest BCUT2D eigenvalue weighted by Crippen LogP contribution is -2.54. The molecule has 1 fully saturated rings. The SMILES string of the molecule is CN/C(=C1/N=CN(CC2(O)CCN(C(=O)CCc3ccccc3)CC2)C(=O)C1=N)c1ccccc1. The van der Waals surface area contributed by atoms with Gasteiger partial charge in [0.25, 0.3) is 5.91 Å². The lowest BCUT2D eigenvalue weighted by molar-refractivity contribution is -0.137. The van der Waals surface area contributed by atoms with Crippen LogP contribution in [0.5, 0.6) is 0 Å². The number of β-amino-alcohol motifs (C(OH)–C–C–N with tert-alkyl or cyclic N) is 1. The number of carbonyl (C=O) groups excluding carboxylic acids is 2. The van der Waals surface area contributed by atoms with Gasteiger partial charge in [-0.3, -0.25) is 19.9 Å². The highest BCUT2D eigenvalue weighted by Crippen LogP contribution is 2.26. The van der Waals surface area contributed by atoms with E-state index >= 15 is 0 Å². The van der Waals surface area contributed by atoms with E-state index in [4.69, 9.17) is 5.41 Å². The second kappa shape index (κ2) is 10.7. The van der Waals surface area contributed by atoms with Gasteiger partial charge in [-0.25, -0.2) is 4.99 Å². The minimum Gasteiger partial charge on any atom is -0.388 e. The van der Waals surface area contributed by atoms with Gasteiger partial charge in [0.1, 0.15) is 11.4 Å². The lowest BCUT2D eigenvalue weighted by atomic mass is 9.90. The number of hydrogen-bond acceptors (Lipinski definition) is 6. The fourth-order valence-electron chi connectivity index (χ4n) is 4.50. The molecule has 0 saturated carbocycles. The van der Waals surface area contributed by atoms with Crippen molar-refractivity contribution in [2.75, 3.05) is 26.7 Å². The molecule has 2 aromatic rings. The molecule has 2 aromatic carbocycles. The number of aliphatic imine (C=N–C) groups is 1. The average Bonchev–Trinajstić information content (AvgIpc) is 2.89. The number of nitrogens with zero attached hydrogens (tertiary/aromatic N) is 3. The van der Waals surface area contributed by atoms with Gasteiger partial charge < -0.3 is 15.3 Å². The second-order valence-electron chi connectivity index (χ2n) is 8.98. The summed E-state index contributed by atoms with van der Waals surface area (Å²) in [6, 6.07) is 19.3. The molecule has 0 spiro atoms. The Morgan fingerprint density at radius 3 is 2.34 bits per heavy atom. The summed E-state index contributed by atoms with van der Waals surface area (Å²) in [6.07, 6.45) is 3.24. The molecule has 2 amide bonds. The van der Waals surface area contributed by atoms with Gasteiger partial charge in [-0.15, -0.1) is 0 Å². The van der Waals surface area contributed by atoms with Gasteiger partial charge in [-0.2, -0.15) is 0 Å². The molecule has 182 valence electrons. The molecule has 4 rings (SSSR count). The third-order valence-corrected chi connectivity index (χ3v) is 6.57. The van der Waals surface area contributed by atoms with E-state index in [1.165, 1.54) is 11.2 Å². The van der Waals surface area contributed by atoms with Gasteiger partial charge in [0.05, 0.1) is 24.2 Å². The number of likely N-dealkylation sites (tertiary alicyclic amines) is 1. The van der Waals surface area contributed by atoms with Crippen molar-refractivity contribution in [1.29, 1.82) is 5.41 Å². The molecule has 0 aromatic heterocycles. The summed E-state index contributed by atoms with van der Waals surface area (Å²) in [4.78, 5) is 33.1. The predicted octanol–water partition coefficient (Wildman–Crippen LogP) is 2.45. The van der Waals surface area contributed by atoms with Crippen molar-refractivity contribution in [3.05, 3.63) is 77.5 Å². The number of rotatable bonds is 7. The molecule has 2 heterocycles. The summed E-state index contributed by atoms with van der Waals surface area (Å²) >= 11 is 0. The van der Waals surface area contributed by atoms with Gasteiger partial charge in [-0.05, 0) is 30.4 Å². The molecule has 1 saturated heterocycles. The second-order valence-corrected chi connectivity index (χ2v) is 8.98. The van der Waals surface area contributed by atoms with Crippen LogP contribution in [0.4, 0.5) is 0 Å². The minimum atomic E-state index is -1.13. The quantitative estimate of drug-likeness (QED) is 0.574. The van der Waals surface area contributed by atoms with E-state index in [9.17, 15) is 14.7 Å². The molecule has 8 heteroatoms. The molecule has 35 heavy (non-hydrogen) atoms. The summed E-state index contributed by atoms with van der Waals surface area (Å²) in [5, 5.41) is 22.6. The van der Waals surface area contributed by atoms with Crippen LogP contribution in [0.2, 0.25) is 0 Å². The number of benzene rings is 2. The Hall–Kier alpha value is -3.78. The minimum absolute atomic E-state index is 0.0390. The molecule has 0 atom stereocenters. The first-order valence-electron chi connectivity index (χ1n) is 11.9. The molecular formula is C27H31N5O3. The Morgan fingerprint density at radius 1 is 1.09 bits per heavy atom. The van der Waals surface area contributed by atoms with Crippen LogP contribution in [0.15, 0.2) is 71.4 Å². The Bertz CT molecular complexity index is 1140. The van der Waals surface area contributed by atoms with E-state index in [-0.39, 0.29) is 23.9 Å². The Kier molecular flexibility index (Phi) is 7.41. The van der Waals surface area contributed by atoms with E-state index in [2.05, 4.69) is 10.3 Å². The summed E-state index contributed by atoms with van der Waals surface area (Å²) in [6.45, 7) is 0.908. The molecular weight excluding hydrogens is 442 g/mol. The van der Waals surface area contributed by atoms with E-state index in [0.29, 0.717) is 44.5 Å². The number of carbonyl (C=O) groups is 2. The highest BCUT2D eigenvalue weighted by Gasteiger charge is 2.38. The predicted molar refractivity (Wildman–Crippen MR) is 136 cm³/mol. The molecule has 2 aliphatic rings. The van der Waals surface area contributed by atoms with Crippen LogP contribution in [-0.2, 0) is 16.0 Å². The fourth-order valence-corrected chi connectivity index (χ4v) is 4.50. The van der Waals surface area contributed by atoms with Gasteiger partial charge in [-0.1, -0.05) is 60.7 Å². The number of hydrogen-bond donors (Lipinski definition) is 3. The fraction of sp³-hybridized carbons (Fsp3) is 0.333. The maximum Gasteiger partial charge on any atom is 0.279 e. The summed E-state index contributed by atoms with van der Waals surface area (Å²) in [7, 11) is 1.73. The maximum absolute atomic E-state index is 13.0. The topological polar surface area (TPSA) is 109 Å². The van der Waals surface area contributed by atoms with Crippen LogP contribution in [-0.4, -0.2) is 71.1 Å². The molecule has 8 nitrogen and oxygen atoms in total. The lowest BCUT2D eigenvalue weighted by Gasteiger charge is -2.40. The van der Waals surface area contributed by atoms with E-state index < -0.39 is 11.5 Å². The van der Waals surface area contributed by atoms with Crippen LogP contribution >= 0.6 is 0 Å². The Labute approximate surface area is 205 Å². The third kappa shape index (κ3) is 5.66. The molecule has 0 unspecified atom stereocenters. The number of aliphatic hydroxyl groups is 1. The smallest absolute Gasteiger partial charge is 0.279 e. The van der Waals surface area contributed by atoms with Gasteiger partial charge >= 0.3 is 0 Å². The molecule has 0 aliphatic carbocycles. The highest BCUT2D eigenvalue weighted by molar-refractivity contribution is 6.47. The molecule has 0 radical (unpaired) electrons. The van der Waals surface area contributed by atoms with Crippen molar-refractivity contribution >= 4 is 29.6 Å². The molecule has 2 aliphatic heterocycles. The van der Waals surface area contributed by atoms with Crippen molar-refractivity contribution < 1.29 is 14.7 Å². The zero-order valence-corrected chi connectivity index (χ0v) is 19.9. The van der Waals surface area contributed by atoms with Crippen LogP contribution in [0.3, 0.4) is 0 Å². The zero-order valence-electron chi connectivity index (χ0n) is 19.9. The van der Waals surface area contributed by atoms with Crippen LogP contribution in [0.1, 0.15) is 30.4 Å². The number of amides is 2. The van der Waals surface area contributed by atoms with Gasteiger partial charge in [0, 0.05) is 26.6 Å². The van der Waals surface area contributed by atoms with Crippen LogP contribution in [0.25, 0.3) is 5.70 Å². The van der Waals surface area contributed by atoms with Crippen LogP contribution in [0, 0.1) is 5.41 Å². The van der Waals surface area contributed by atoms with E-state index in [1.54, 1.807) is 11.9 Å². The van der Waals surface area contributed by atoms with Crippen molar-refractivity contribution in [3.63, 3.8) is 0 Å². The zero-order chi connectivity index (χ0) is 24.8. The average molecular weight is 474 g/mol. The number of piperidine rings is 1. The van der Waals surface area contributed by atoms with Crippen molar-refractivity contribution in [1.82, 2.24) is 15.1 Å². The first-order chi connectivity index (χ1) is 16.9. The maximum atomic E-state index is 13.0.